The molecule has 1 aromatic carbocycles. The second kappa shape index (κ2) is 11.0. The molecule has 0 heterocycles. The molecular formula is C19H28F2N2O3. The summed E-state index contributed by atoms with van der Waals surface area (Å²) in [5.74, 6) is 0.942. The Balaban J connectivity index is 1.61. The molecule has 26 heavy (non-hydrogen) atoms. The SMILES string of the molecule is CC1CCCCC1OCCNC(=O)NCc1cccc(OCC(F)F)c1. The van der Waals surface area contributed by atoms with Gasteiger partial charge in [0.15, 0.2) is 0 Å². The first-order valence-corrected chi connectivity index (χ1v) is 9.18. The standard InChI is InChI=1S/C19H28F2N2O3/c1-14-5-2-3-8-17(14)25-10-9-22-19(24)23-12-15-6-4-7-16(11-15)26-13-18(20)21/h4,6-7,11,14,17-18H,2-3,5,8-10,12-13H2,1H3,(H2,22,23,24). The van der Waals surface area contributed by atoms with Gasteiger partial charge >= 0.3 is 6.03 Å². The van der Waals surface area contributed by atoms with Crippen LogP contribution in [0.4, 0.5) is 13.6 Å². The Labute approximate surface area is 153 Å². The zero-order chi connectivity index (χ0) is 18.8. The highest BCUT2D eigenvalue weighted by Crippen LogP contribution is 2.25. The van der Waals surface area contributed by atoms with Crippen LogP contribution in [0.2, 0.25) is 0 Å². The number of urea groups is 1. The average molecular weight is 370 g/mol. The normalized spacial score (nSPS) is 20.0. The van der Waals surface area contributed by atoms with Gasteiger partial charge in [-0.15, -0.1) is 0 Å². The van der Waals surface area contributed by atoms with E-state index in [1.807, 2.05) is 0 Å². The lowest BCUT2D eigenvalue weighted by atomic mass is 9.88. The minimum atomic E-state index is -2.51. The lowest BCUT2D eigenvalue weighted by molar-refractivity contribution is -0.00243. The number of hydrogen-bond acceptors (Lipinski definition) is 3. The first kappa shape index (κ1) is 20.4. The van der Waals surface area contributed by atoms with Gasteiger partial charge in [0, 0.05) is 13.1 Å². The molecule has 1 fully saturated rings. The molecule has 2 amide bonds. The fourth-order valence-corrected chi connectivity index (χ4v) is 3.05. The van der Waals surface area contributed by atoms with E-state index >= 15 is 0 Å². The fraction of sp³-hybridized carbons (Fsp3) is 0.632. The van der Waals surface area contributed by atoms with Gasteiger partial charge in [0.05, 0.1) is 12.7 Å². The highest BCUT2D eigenvalue weighted by Gasteiger charge is 2.21. The molecule has 146 valence electrons. The van der Waals surface area contributed by atoms with E-state index in [1.54, 1.807) is 24.3 Å². The van der Waals surface area contributed by atoms with E-state index in [0.29, 0.717) is 30.9 Å². The van der Waals surface area contributed by atoms with Crippen LogP contribution in [0.15, 0.2) is 24.3 Å². The zero-order valence-electron chi connectivity index (χ0n) is 15.2. The van der Waals surface area contributed by atoms with Gasteiger partial charge in [-0.25, -0.2) is 13.6 Å². The topological polar surface area (TPSA) is 59.6 Å². The maximum absolute atomic E-state index is 12.2. The Hall–Kier alpha value is -1.89. The fourth-order valence-electron chi connectivity index (χ4n) is 3.05. The van der Waals surface area contributed by atoms with Gasteiger partial charge in [0.25, 0.3) is 6.43 Å². The number of benzene rings is 1. The predicted octanol–water partition coefficient (Wildman–Crippen LogP) is 3.73. The molecule has 5 nitrogen and oxygen atoms in total. The Kier molecular flexibility index (Phi) is 8.61. The Bertz CT molecular complexity index is 557. The van der Waals surface area contributed by atoms with Crippen molar-refractivity contribution in [1.82, 2.24) is 10.6 Å². The molecule has 2 atom stereocenters. The van der Waals surface area contributed by atoms with Crippen molar-refractivity contribution < 1.29 is 23.0 Å². The van der Waals surface area contributed by atoms with E-state index in [0.717, 1.165) is 12.0 Å². The van der Waals surface area contributed by atoms with Crippen molar-refractivity contribution in [3.05, 3.63) is 29.8 Å². The molecule has 0 aliphatic heterocycles. The molecule has 0 spiro atoms. The van der Waals surface area contributed by atoms with Crippen LogP contribution < -0.4 is 15.4 Å². The third kappa shape index (κ3) is 7.56. The van der Waals surface area contributed by atoms with Crippen LogP contribution in [0.25, 0.3) is 0 Å². The van der Waals surface area contributed by atoms with E-state index in [-0.39, 0.29) is 12.6 Å². The Morgan fingerprint density at radius 3 is 2.85 bits per heavy atom. The number of rotatable bonds is 9. The third-order valence-corrected chi connectivity index (χ3v) is 4.48. The van der Waals surface area contributed by atoms with Crippen molar-refractivity contribution in [2.24, 2.45) is 5.92 Å². The maximum Gasteiger partial charge on any atom is 0.315 e. The highest BCUT2D eigenvalue weighted by molar-refractivity contribution is 5.73. The van der Waals surface area contributed by atoms with Gasteiger partial charge < -0.3 is 20.1 Å². The van der Waals surface area contributed by atoms with Crippen molar-refractivity contribution in [2.45, 2.75) is 51.7 Å². The summed E-state index contributed by atoms with van der Waals surface area (Å²) in [6, 6.07) is 6.45. The molecule has 2 rings (SSSR count). The van der Waals surface area contributed by atoms with Crippen LogP contribution in [0, 0.1) is 5.92 Å². The number of ether oxygens (including phenoxy) is 2. The monoisotopic (exact) mass is 370 g/mol. The number of alkyl halides is 2. The van der Waals surface area contributed by atoms with Crippen molar-refractivity contribution in [3.8, 4) is 5.75 Å². The quantitative estimate of drug-likeness (QED) is 0.651. The average Bonchev–Trinajstić information content (AvgIpc) is 2.63. The zero-order valence-corrected chi connectivity index (χ0v) is 15.2. The van der Waals surface area contributed by atoms with Crippen molar-refractivity contribution in [1.29, 1.82) is 0 Å². The van der Waals surface area contributed by atoms with Gasteiger partial charge in [-0.2, -0.15) is 0 Å². The summed E-state index contributed by atoms with van der Waals surface area (Å²) in [4.78, 5) is 11.8. The largest absolute Gasteiger partial charge is 0.488 e. The van der Waals surface area contributed by atoms with Gasteiger partial charge in [-0.05, 0) is 36.5 Å². The molecule has 7 heteroatoms. The second-order valence-electron chi connectivity index (χ2n) is 6.63. The summed E-state index contributed by atoms with van der Waals surface area (Å²) in [5.41, 5.74) is 0.777. The van der Waals surface area contributed by atoms with E-state index in [4.69, 9.17) is 9.47 Å². The molecule has 1 aromatic rings. The molecule has 2 N–H and O–H groups in total. The lowest BCUT2D eigenvalue weighted by Crippen LogP contribution is -2.38. The molecule has 1 saturated carbocycles. The summed E-state index contributed by atoms with van der Waals surface area (Å²) < 4.78 is 35.1. The highest BCUT2D eigenvalue weighted by atomic mass is 19.3. The summed E-state index contributed by atoms with van der Waals surface area (Å²) in [5, 5.41) is 5.49. The lowest BCUT2D eigenvalue weighted by Gasteiger charge is -2.28. The van der Waals surface area contributed by atoms with Gasteiger partial charge in [-0.3, -0.25) is 0 Å². The number of amides is 2. The van der Waals surface area contributed by atoms with Gasteiger partial charge in [0.2, 0.25) is 0 Å². The van der Waals surface area contributed by atoms with E-state index in [2.05, 4.69) is 17.6 Å². The maximum atomic E-state index is 12.2. The van der Waals surface area contributed by atoms with Crippen molar-refractivity contribution >= 4 is 6.03 Å². The van der Waals surface area contributed by atoms with Crippen LogP contribution in [0.1, 0.15) is 38.2 Å². The molecule has 2 unspecified atom stereocenters. The predicted molar refractivity (Wildman–Crippen MR) is 95.6 cm³/mol. The van der Waals surface area contributed by atoms with Crippen LogP contribution in [-0.4, -0.2) is 38.3 Å². The van der Waals surface area contributed by atoms with E-state index in [1.165, 1.54) is 19.3 Å². The molecule has 1 aliphatic carbocycles. The van der Waals surface area contributed by atoms with Crippen LogP contribution in [-0.2, 0) is 11.3 Å². The number of nitrogens with one attached hydrogen (secondary N) is 2. The summed E-state index contributed by atoms with van der Waals surface area (Å²) in [7, 11) is 0. The van der Waals surface area contributed by atoms with Crippen LogP contribution in [0.3, 0.4) is 0 Å². The van der Waals surface area contributed by atoms with Crippen molar-refractivity contribution in [2.75, 3.05) is 19.8 Å². The summed E-state index contributed by atoms with van der Waals surface area (Å²) >= 11 is 0. The minimum Gasteiger partial charge on any atom is -0.488 e. The smallest absolute Gasteiger partial charge is 0.315 e. The Morgan fingerprint density at radius 2 is 2.08 bits per heavy atom. The first-order valence-electron chi connectivity index (χ1n) is 9.18. The number of hydrogen-bond donors (Lipinski definition) is 2. The van der Waals surface area contributed by atoms with E-state index < -0.39 is 13.0 Å². The van der Waals surface area contributed by atoms with E-state index in [9.17, 15) is 13.6 Å². The summed E-state index contributed by atoms with van der Waals surface area (Å²) in [6.07, 6.45) is 2.57. The van der Waals surface area contributed by atoms with Crippen molar-refractivity contribution in [3.63, 3.8) is 0 Å². The summed E-state index contributed by atoms with van der Waals surface area (Å²) in [6.45, 7) is 2.81. The number of halogens is 2. The molecule has 0 bridgehead atoms. The Morgan fingerprint density at radius 1 is 1.27 bits per heavy atom. The molecule has 0 radical (unpaired) electrons. The first-order chi connectivity index (χ1) is 12.5. The third-order valence-electron chi connectivity index (χ3n) is 4.48. The number of carbonyl (C=O) groups is 1. The molecule has 0 aromatic heterocycles. The van der Waals surface area contributed by atoms with Gasteiger partial charge in [0.1, 0.15) is 12.4 Å². The second-order valence-corrected chi connectivity index (χ2v) is 6.63. The van der Waals surface area contributed by atoms with Crippen LogP contribution >= 0.6 is 0 Å². The molecule has 1 aliphatic rings. The molecular weight excluding hydrogens is 342 g/mol. The number of carbonyl (C=O) groups excluding carboxylic acids is 1. The van der Waals surface area contributed by atoms with Gasteiger partial charge in [-0.1, -0.05) is 31.9 Å². The van der Waals surface area contributed by atoms with Crippen LogP contribution in [0.5, 0.6) is 5.75 Å². The molecule has 0 saturated heterocycles. The minimum absolute atomic E-state index is 0.288.